The zero-order chi connectivity index (χ0) is 9.10. The molecule has 0 aliphatic rings. The van der Waals surface area contributed by atoms with Crippen molar-refractivity contribution in [3.63, 3.8) is 0 Å². The minimum Gasteiger partial charge on any atom is -0.121 e. The maximum absolute atomic E-state index is 2.17. The molecule has 0 amide bonds. The Labute approximate surface area is 83.0 Å². The number of hydrogen-bond acceptors (Lipinski definition) is 1. The summed E-state index contributed by atoms with van der Waals surface area (Å²) in [5, 5.41) is 2.66. The van der Waals surface area contributed by atoms with E-state index >= 15 is 0 Å². The van der Waals surface area contributed by atoms with Crippen molar-refractivity contribution in [1.29, 1.82) is 0 Å². The molecule has 0 heterocycles. The first-order valence-corrected chi connectivity index (χ1v) is 5.22. The minimum absolute atomic E-state index is 1.31. The van der Waals surface area contributed by atoms with Crippen LogP contribution in [0.25, 0.3) is 10.8 Å². The van der Waals surface area contributed by atoms with Crippen LogP contribution in [-0.4, -0.2) is 0 Å². The first-order chi connectivity index (χ1) is 6.42. The van der Waals surface area contributed by atoms with Gasteiger partial charge in [0.2, 0.25) is 0 Å². The van der Waals surface area contributed by atoms with Crippen LogP contribution >= 0.6 is 11.8 Å². The third kappa shape index (κ3) is 1.70. The second-order valence-corrected chi connectivity index (χ2v) is 3.98. The molecule has 0 atom stereocenters. The summed E-state index contributed by atoms with van der Waals surface area (Å²) in [5.74, 6) is 2.11. The van der Waals surface area contributed by atoms with Crippen molar-refractivity contribution >= 4 is 22.5 Å². The predicted molar refractivity (Wildman–Crippen MR) is 59.8 cm³/mol. The van der Waals surface area contributed by atoms with Crippen LogP contribution in [0, 0.1) is 5.75 Å². The van der Waals surface area contributed by atoms with Crippen molar-refractivity contribution in [2.24, 2.45) is 0 Å². The molecule has 0 aliphatic carbocycles. The van der Waals surface area contributed by atoms with Gasteiger partial charge in [-0.25, -0.2) is 0 Å². The molecular weight excluding hydrogens is 176 g/mol. The van der Waals surface area contributed by atoms with E-state index in [0.29, 0.717) is 0 Å². The lowest BCUT2D eigenvalue weighted by Crippen LogP contribution is -1.75. The Bertz CT molecular complexity index is 401. The van der Waals surface area contributed by atoms with Crippen LogP contribution in [0.2, 0.25) is 0 Å². The van der Waals surface area contributed by atoms with Gasteiger partial charge < -0.3 is 0 Å². The summed E-state index contributed by atoms with van der Waals surface area (Å²) in [6.07, 6.45) is 0. The number of fused-ring (bicyclic) bond motifs is 1. The third-order valence-corrected chi connectivity index (χ3v) is 2.84. The molecule has 0 saturated heterocycles. The van der Waals surface area contributed by atoms with Crippen LogP contribution in [-0.2, 0) is 0 Å². The van der Waals surface area contributed by atoms with Crippen molar-refractivity contribution < 1.29 is 0 Å². The van der Waals surface area contributed by atoms with Crippen LogP contribution < -0.4 is 0 Å². The molecule has 0 aliphatic heterocycles. The van der Waals surface area contributed by atoms with Crippen molar-refractivity contribution in [3.8, 4) is 0 Å². The van der Waals surface area contributed by atoms with Gasteiger partial charge in [-0.3, -0.25) is 0 Å². The molecule has 65 valence electrons. The second kappa shape index (κ2) is 3.84. The summed E-state index contributed by atoms with van der Waals surface area (Å²) in [7, 11) is 0. The van der Waals surface area contributed by atoms with E-state index in [1.54, 1.807) is 11.8 Å². The van der Waals surface area contributed by atoms with Gasteiger partial charge in [-0.1, -0.05) is 43.3 Å². The van der Waals surface area contributed by atoms with E-state index < -0.39 is 0 Å². The minimum atomic E-state index is 1.31. The lowest BCUT2D eigenvalue weighted by atomic mass is 10.1. The van der Waals surface area contributed by atoms with Crippen molar-refractivity contribution in [2.75, 3.05) is 0 Å². The Morgan fingerprint density at radius 3 is 2.62 bits per heavy atom. The molecule has 1 heteroatoms. The van der Waals surface area contributed by atoms with Crippen molar-refractivity contribution in [2.45, 2.75) is 11.8 Å². The standard InChI is InChI=1S/C12H11S/c1-2-13-12-9-5-7-10-6-3-4-8-11(10)12/h2-9H,1H3. The maximum Gasteiger partial charge on any atom is 0.0186 e. The predicted octanol–water partition coefficient (Wildman–Crippen LogP) is 4.11. The number of rotatable bonds is 2. The summed E-state index contributed by atoms with van der Waals surface area (Å²) < 4.78 is 0. The fourth-order valence-corrected chi connectivity index (χ4v) is 2.15. The average Bonchev–Trinajstić information content (AvgIpc) is 2.19. The molecule has 13 heavy (non-hydrogen) atoms. The second-order valence-electron chi connectivity index (χ2n) is 2.83. The summed E-state index contributed by atoms with van der Waals surface area (Å²) in [6, 6.07) is 14.9. The summed E-state index contributed by atoms with van der Waals surface area (Å²) in [6.45, 7) is 2.06. The molecule has 0 N–H and O–H groups in total. The normalized spacial score (nSPS) is 10.5. The van der Waals surface area contributed by atoms with Crippen LogP contribution in [0.5, 0.6) is 0 Å². The highest BCUT2D eigenvalue weighted by Gasteiger charge is 1.98. The molecule has 2 aromatic rings. The van der Waals surface area contributed by atoms with Crippen LogP contribution in [0.4, 0.5) is 0 Å². The molecule has 0 aromatic heterocycles. The molecule has 0 fully saturated rings. The van der Waals surface area contributed by atoms with Gasteiger partial charge in [0, 0.05) is 10.6 Å². The number of benzene rings is 2. The van der Waals surface area contributed by atoms with Crippen LogP contribution in [0.1, 0.15) is 6.92 Å². The monoisotopic (exact) mass is 187 g/mol. The maximum atomic E-state index is 2.17. The van der Waals surface area contributed by atoms with Crippen LogP contribution in [0.3, 0.4) is 0 Å². The Kier molecular flexibility index (Phi) is 2.55. The Morgan fingerprint density at radius 1 is 1.00 bits per heavy atom. The van der Waals surface area contributed by atoms with Gasteiger partial charge in [0.25, 0.3) is 0 Å². The zero-order valence-corrected chi connectivity index (χ0v) is 8.34. The van der Waals surface area contributed by atoms with E-state index in [1.165, 1.54) is 15.7 Å². The third-order valence-electron chi connectivity index (χ3n) is 1.99. The first kappa shape index (κ1) is 8.64. The molecule has 0 unspecified atom stereocenters. The molecule has 0 saturated carbocycles. The van der Waals surface area contributed by atoms with Gasteiger partial charge in [-0.2, -0.15) is 0 Å². The fourth-order valence-electron chi connectivity index (χ4n) is 1.43. The topological polar surface area (TPSA) is 0 Å². The van der Waals surface area contributed by atoms with Gasteiger partial charge >= 0.3 is 0 Å². The largest absolute Gasteiger partial charge is 0.121 e. The lowest BCUT2D eigenvalue weighted by molar-refractivity contribution is 1.54. The zero-order valence-electron chi connectivity index (χ0n) is 7.53. The van der Waals surface area contributed by atoms with Crippen molar-refractivity contribution in [3.05, 3.63) is 48.2 Å². The van der Waals surface area contributed by atoms with E-state index in [1.807, 2.05) is 0 Å². The molecule has 2 aromatic carbocycles. The Hall–Kier alpha value is -0.950. The Balaban J connectivity index is 2.61. The van der Waals surface area contributed by atoms with E-state index in [-0.39, 0.29) is 0 Å². The van der Waals surface area contributed by atoms with Gasteiger partial charge in [-0.15, -0.1) is 11.8 Å². The quantitative estimate of drug-likeness (QED) is 0.637. The number of hydrogen-bond donors (Lipinski definition) is 0. The summed E-state index contributed by atoms with van der Waals surface area (Å²) in [5.41, 5.74) is 0. The molecule has 0 bridgehead atoms. The SMILES string of the molecule is C[CH]Sc1cccc2ccccc12. The van der Waals surface area contributed by atoms with E-state index in [0.717, 1.165) is 0 Å². The van der Waals surface area contributed by atoms with Gasteiger partial charge in [-0.05, 0) is 16.8 Å². The van der Waals surface area contributed by atoms with Gasteiger partial charge in [0.05, 0.1) is 0 Å². The van der Waals surface area contributed by atoms with Crippen LogP contribution in [0.15, 0.2) is 47.4 Å². The average molecular weight is 187 g/mol. The highest BCUT2D eigenvalue weighted by atomic mass is 32.2. The fraction of sp³-hybridized carbons (Fsp3) is 0.0833. The summed E-state index contributed by atoms with van der Waals surface area (Å²) >= 11 is 1.78. The van der Waals surface area contributed by atoms with E-state index in [9.17, 15) is 0 Å². The molecule has 0 spiro atoms. The van der Waals surface area contributed by atoms with Gasteiger partial charge in [0.15, 0.2) is 0 Å². The molecule has 1 radical (unpaired) electrons. The first-order valence-electron chi connectivity index (χ1n) is 4.34. The molecule has 0 nitrogen and oxygen atoms in total. The van der Waals surface area contributed by atoms with Crippen molar-refractivity contribution in [1.82, 2.24) is 0 Å². The highest BCUT2D eigenvalue weighted by molar-refractivity contribution is 8.01. The smallest absolute Gasteiger partial charge is 0.0186 e. The Morgan fingerprint density at radius 2 is 1.77 bits per heavy atom. The summed E-state index contributed by atoms with van der Waals surface area (Å²) in [4.78, 5) is 1.33. The molecule has 2 rings (SSSR count). The molecular formula is C12H11S. The van der Waals surface area contributed by atoms with E-state index in [4.69, 9.17) is 0 Å². The number of thioether (sulfide) groups is 1. The highest BCUT2D eigenvalue weighted by Crippen LogP contribution is 2.28. The lowest BCUT2D eigenvalue weighted by Gasteiger charge is -2.03. The van der Waals surface area contributed by atoms with Gasteiger partial charge in [0.1, 0.15) is 0 Å². The van der Waals surface area contributed by atoms with E-state index in [2.05, 4.69) is 55.1 Å².